The van der Waals surface area contributed by atoms with Crippen molar-refractivity contribution in [3.8, 4) is 6.07 Å². The van der Waals surface area contributed by atoms with E-state index in [1.807, 2.05) is 13.0 Å². The molecule has 0 atom stereocenters. The Morgan fingerprint density at radius 2 is 2.14 bits per heavy atom. The molecule has 0 spiro atoms. The Morgan fingerprint density at radius 3 is 2.86 bits per heavy atom. The number of fused-ring (bicyclic) bond motifs is 1. The number of nitrogens with zero attached hydrogens (tertiary/aromatic N) is 2. The Morgan fingerprint density at radius 1 is 1.36 bits per heavy atom. The normalized spacial score (nSPS) is 10.1. The lowest BCUT2D eigenvalue weighted by Crippen LogP contribution is -1.87. The Kier molecular flexibility index (Phi) is 2.11. The zero-order valence-corrected chi connectivity index (χ0v) is 8.34. The van der Waals surface area contributed by atoms with E-state index in [1.54, 1.807) is 18.2 Å². The third-order valence-corrected chi connectivity index (χ3v) is 2.26. The van der Waals surface area contributed by atoms with Crippen molar-refractivity contribution < 1.29 is 0 Å². The van der Waals surface area contributed by atoms with Gasteiger partial charge in [0.05, 0.1) is 17.1 Å². The van der Waals surface area contributed by atoms with E-state index in [4.69, 9.17) is 16.9 Å². The molecular weight excluding hydrogens is 196 g/mol. The number of rotatable bonds is 0. The summed E-state index contributed by atoms with van der Waals surface area (Å²) in [6.07, 6.45) is 0. The predicted molar refractivity (Wildman–Crippen MR) is 56.2 cm³/mol. The van der Waals surface area contributed by atoms with Crippen LogP contribution in [0.5, 0.6) is 0 Å². The van der Waals surface area contributed by atoms with Crippen molar-refractivity contribution in [1.29, 1.82) is 5.26 Å². The molecular formula is C11H7ClN2. The van der Waals surface area contributed by atoms with Gasteiger partial charge in [-0.2, -0.15) is 5.26 Å². The maximum absolute atomic E-state index is 8.92. The van der Waals surface area contributed by atoms with Crippen LogP contribution in [0.25, 0.3) is 10.9 Å². The van der Waals surface area contributed by atoms with Crippen LogP contribution in [0, 0.1) is 18.3 Å². The van der Waals surface area contributed by atoms with Gasteiger partial charge in [0.25, 0.3) is 0 Å². The van der Waals surface area contributed by atoms with Crippen molar-refractivity contribution >= 4 is 22.5 Å². The van der Waals surface area contributed by atoms with Gasteiger partial charge >= 0.3 is 0 Å². The molecule has 0 N–H and O–H groups in total. The molecule has 0 unspecified atom stereocenters. The Balaban J connectivity index is 2.89. The fourth-order valence-corrected chi connectivity index (χ4v) is 1.59. The Labute approximate surface area is 86.8 Å². The predicted octanol–water partition coefficient (Wildman–Crippen LogP) is 3.07. The van der Waals surface area contributed by atoms with Gasteiger partial charge in [-0.1, -0.05) is 11.6 Å². The topological polar surface area (TPSA) is 36.7 Å². The third kappa shape index (κ3) is 1.43. The van der Waals surface area contributed by atoms with E-state index >= 15 is 0 Å². The summed E-state index contributed by atoms with van der Waals surface area (Å²) in [7, 11) is 0. The summed E-state index contributed by atoms with van der Waals surface area (Å²) in [6.45, 7) is 1.86. The average molecular weight is 203 g/mol. The number of aromatic nitrogens is 1. The lowest BCUT2D eigenvalue weighted by atomic mass is 10.1. The van der Waals surface area contributed by atoms with Crippen LogP contribution in [0.15, 0.2) is 24.3 Å². The number of pyridine rings is 1. The van der Waals surface area contributed by atoms with Crippen LogP contribution in [-0.4, -0.2) is 4.98 Å². The number of benzene rings is 1. The lowest BCUT2D eigenvalue weighted by Gasteiger charge is -2.01. The van der Waals surface area contributed by atoms with E-state index in [0.717, 1.165) is 16.6 Å². The number of aryl methyl sites for hydroxylation is 1. The number of halogens is 1. The standard InChI is InChI=1S/C11H7ClN2/c1-7-4-8(6-13)10-3-2-9(12)5-11(10)14-7/h2-5H,1H3. The smallest absolute Gasteiger partial charge is 0.0999 e. The largest absolute Gasteiger partial charge is 0.253 e. The fourth-order valence-electron chi connectivity index (χ4n) is 1.43. The quantitative estimate of drug-likeness (QED) is 0.658. The molecule has 1 heterocycles. The second-order valence-electron chi connectivity index (χ2n) is 3.08. The molecule has 0 aliphatic heterocycles. The molecule has 0 radical (unpaired) electrons. The van der Waals surface area contributed by atoms with Crippen molar-refractivity contribution in [3.63, 3.8) is 0 Å². The van der Waals surface area contributed by atoms with E-state index in [-0.39, 0.29) is 0 Å². The summed E-state index contributed by atoms with van der Waals surface area (Å²) < 4.78 is 0. The maximum atomic E-state index is 8.92. The summed E-state index contributed by atoms with van der Waals surface area (Å²) in [5.41, 5.74) is 2.24. The molecule has 0 aliphatic carbocycles. The molecule has 0 bridgehead atoms. The average Bonchev–Trinajstić information content (AvgIpc) is 2.15. The second-order valence-corrected chi connectivity index (χ2v) is 3.52. The first-order valence-electron chi connectivity index (χ1n) is 4.18. The third-order valence-electron chi connectivity index (χ3n) is 2.02. The maximum Gasteiger partial charge on any atom is 0.0999 e. The first-order chi connectivity index (χ1) is 6.70. The van der Waals surface area contributed by atoms with Crippen LogP contribution in [0.2, 0.25) is 5.02 Å². The molecule has 0 saturated heterocycles. The van der Waals surface area contributed by atoms with Crippen LogP contribution < -0.4 is 0 Å². The van der Waals surface area contributed by atoms with Crippen LogP contribution in [0.1, 0.15) is 11.3 Å². The van der Waals surface area contributed by atoms with E-state index in [2.05, 4.69) is 11.1 Å². The molecule has 68 valence electrons. The molecule has 0 fully saturated rings. The molecule has 2 aromatic rings. The van der Waals surface area contributed by atoms with Gasteiger partial charge in [-0.25, -0.2) is 0 Å². The fraction of sp³-hybridized carbons (Fsp3) is 0.0909. The van der Waals surface area contributed by atoms with Gasteiger partial charge in [0.1, 0.15) is 0 Å². The highest BCUT2D eigenvalue weighted by Crippen LogP contribution is 2.21. The molecule has 1 aromatic carbocycles. The summed E-state index contributed by atoms with van der Waals surface area (Å²) in [5.74, 6) is 0. The van der Waals surface area contributed by atoms with Crippen molar-refractivity contribution in [2.75, 3.05) is 0 Å². The van der Waals surface area contributed by atoms with Gasteiger partial charge in [0, 0.05) is 16.1 Å². The molecule has 0 saturated carbocycles. The highest BCUT2D eigenvalue weighted by atomic mass is 35.5. The van der Waals surface area contributed by atoms with E-state index < -0.39 is 0 Å². The van der Waals surface area contributed by atoms with Gasteiger partial charge in [-0.05, 0) is 31.2 Å². The highest BCUT2D eigenvalue weighted by Gasteiger charge is 2.03. The van der Waals surface area contributed by atoms with E-state index in [0.29, 0.717) is 10.6 Å². The van der Waals surface area contributed by atoms with Crippen molar-refractivity contribution in [2.24, 2.45) is 0 Å². The number of hydrogen-bond acceptors (Lipinski definition) is 2. The van der Waals surface area contributed by atoms with Crippen molar-refractivity contribution in [3.05, 3.63) is 40.5 Å². The van der Waals surface area contributed by atoms with E-state index in [9.17, 15) is 0 Å². The van der Waals surface area contributed by atoms with Crippen LogP contribution in [0.3, 0.4) is 0 Å². The van der Waals surface area contributed by atoms with Crippen molar-refractivity contribution in [2.45, 2.75) is 6.92 Å². The summed E-state index contributed by atoms with van der Waals surface area (Å²) in [5, 5.41) is 10.4. The van der Waals surface area contributed by atoms with Gasteiger partial charge in [0.2, 0.25) is 0 Å². The highest BCUT2D eigenvalue weighted by molar-refractivity contribution is 6.31. The van der Waals surface area contributed by atoms with Crippen LogP contribution in [-0.2, 0) is 0 Å². The summed E-state index contributed by atoms with van der Waals surface area (Å²) in [6, 6.07) is 9.28. The monoisotopic (exact) mass is 202 g/mol. The van der Waals surface area contributed by atoms with Crippen molar-refractivity contribution in [1.82, 2.24) is 4.98 Å². The molecule has 14 heavy (non-hydrogen) atoms. The van der Waals surface area contributed by atoms with Gasteiger partial charge in [-0.15, -0.1) is 0 Å². The molecule has 1 aromatic heterocycles. The zero-order valence-electron chi connectivity index (χ0n) is 7.58. The SMILES string of the molecule is Cc1cc(C#N)c2ccc(Cl)cc2n1. The molecule has 0 amide bonds. The molecule has 3 heteroatoms. The minimum atomic E-state index is 0.638. The number of hydrogen-bond donors (Lipinski definition) is 0. The first-order valence-corrected chi connectivity index (χ1v) is 4.55. The summed E-state index contributed by atoms with van der Waals surface area (Å²) >= 11 is 5.84. The first kappa shape index (κ1) is 8.98. The lowest BCUT2D eigenvalue weighted by molar-refractivity contribution is 1.25. The molecule has 2 nitrogen and oxygen atoms in total. The zero-order chi connectivity index (χ0) is 10.1. The Bertz CT molecular complexity index is 535. The minimum Gasteiger partial charge on any atom is -0.253 e. The summed E-state index contributed by atoms with van der Waals surface area (Å²) in [4.78, 5) is 4.31. The molecule has 2 rings (SSSR count). The van der Waals surface area contributed by atoms with Gasteiger partial charge < -0.3 is 0 Å². The van der Waals surface area contributed by atoms with Gasteiger partial charge in [0.15, 0.2) is 0 Å². The second kappa shape index (κ2) is 3.28. The van der Waals surface area contributed by atoms with Gasteiger partial charge in [-0.3, -0.25) is 4.98 Å². The van der Waals surface area contributed by atoms with Crippen LogP contribution >= 0.6 is 11.6 Å². The number of nitriles is 1. The minimum absolute atomic E-state index is 0.638. The molecule has 0 aliphatic rings. The Hall–Kier alpha value is -1.59. The van der Waals surface area contributed by atoms with Crippen LogP contribution in [0.4, 0.5) is 0 Å². The van der Waals surface area contributed by atoms with E-state index in [1.165, 1.54) is 0 Å².